The number of rotatable bonds is 2. The van der Waals surface area contributed by atoms with Gasteiger partial charge in [0, 0.05) is 24.4 Å². The molecule has 3 nitrogen and oxygen atoms in total. The molecule has 0 atom stereocenters. The van der Waals surface area contributed by atoms with Crippen molar-refractivity contribution in [1.82, 2.24) is 9.97 Å². The van der Waals surface area contributed by atoms with E-state index in [1.807, 2.05) is 6.92 Å². The summed E-state index contributed by atoms with van der Waals surface area (Å²) in [5.74, 6) is 0.264. The molecule has 0 aromatic carbocycles. The molecule has 0 bridgehead atoms. The number of nitrogens with zero attached hydrogens (tertiary/aromatic N) is 2. The van der Waals surface area contributed by atoms with Crippen LogP contribution in [0.3, 0.4) is 0 Å². The molecule has 0 spiro atoms. The van der Waals surface area contributed by atoms with E-state index in [4.69, 9.17) is 0 Å². The summed E-state index contributed by atoms with van der Waals surface area (Å²) in [6, 6.07) is 1.79. The number of Topliss-reactive ketones (excluding diaryl/α,β-unsaturated/α-hetero) is 1. The maximum absolute atomic E-state index is 11.5. The molecule has 0 fully saturated rings. The molecule has 0 saturated carbocycles. The van der Waals surface area contributed by atoms with E-state index in [-0.39, 0.29) is 5.78 Å². The summed E-state index contributed by atoms with van der Waals surface area (Å²) >= 11 is 1.51. The zero-order valence-electron chi connectivity index (χ0n) is 8.56. The maximum atomic E-state index is 11.5. The van der Waals surface area contributed by atoms with Crippen LogP contribution >= 0.6 is 11.8 Å². The van der Waals surface area contributed by atoms with Gasteiger partial charge in [-0.2, -0.15) is 0 Å². The Bertz CT molecular complexity index is 400. The zero-order chi connectivity index (χ0) is 10.7. The number of carbonyl (C=O) groups is 1. The Morgan fingerprint density at radius 2 is 2.00 bits per heavy atom. The van der Waals surface area contributed by atoms with Crippen molar-refractivity contribution in [3.05, 3.63) is 28.9 Å². The Kier molecular flexibility index (Phi) is 3.16. The van der Waals surface area contributed by atoms with Crippen LogP contribution in [0.2, 0.25) is 0 Å². The average molecular weight is 220 g/mol. The normalized spacial score (nSPS) is 17.0. The van der Waals surface area contributed by atoms with Crippen molar-refractivity contribution >= 4 is 17.5 Å². The lowest BCUT2D eigenvalue weighted by molar-refractivity contribution is -0.115. The fourth-order valence-electron chi connectivity index (χ4n) is 1.52. The molecule has 2 rings (SSSR count). The number of allylic oxidation sites excluding steroid dienone is 2. The van der Waals surface area contributed by atoms with Crippen LogP contribution in [-0.2, 0) is 4.79 Å². The summed E-state index contributed by atoms with van der Waals surface area (Å²) in [6.45, 7) is 1.90. The minimum absolute atomic E-state index is 0.264. The lowest BCUT2D eigenvalue weighted by Crippen LogP contribution is -2.07. The highest BCUT2D eigenvalue weighted by Crippen LogP contribution is 2.33. The van der Waals surface area contributed by atoms with Crippen molar-refractivity contribution in [3.63, 3.8) is 0 Å². The lowest BCUT2D eigenvalue weighted by Gasteiger charge is -2.14. The largest absolute Gasteiger partial charge is 0.295 e. The zero-order valence-corrected chi connectivity index (χ0v) is 9.38. The second-order valence-corrected chi connectivity index (χ2v) is 4.52. The van der Waals surface area contributed by atoms with E-state index in [0.717, 1.165) is 28.5 Å². The van der Waals surface area contributed by atoms with Crippen molar-refractivity contribution in [2.75, 3.05) is 0 Å². The summed E-state index contributed by atoms with van der Waals surface area (Å²) in [5.41, 5.74) is 0.888. The van der Waals surface area contributed by atoms with Crippen molar-refractivity contribution in [1.29, 1.82) is 0 Å². The van der Waals surface area contributed by atoms with Crippen LogP contribution in [0.5, 0.6) is 0 Å². The minimum atomic E-state index is 0.264. The van der Waals surface area contributed by atoms with Gasteiger partial charge in [0.05, 0.1) is 0 Å². The van der Waals surface area contributed by atoms with Crippen LogP contribution < -0.4 is 0 Å². The molecule has 78 valence electrons. The van der Waals surface area contributed by atoms with Crippen LogP contribution in [-0.4, -0.2) is 15.8 Å². The van der Waals surface area contributed by atoms with Gasteiger partial charge in [-0.05, 0) is 30.7 Å². The minimum Gasteiger partial charge on any atom is -0.295 e. The number of carbonyl (C=O) groups excluding carboxylic acids is 1. The highest BCUT2D eigenvalue weighted by Gasteiger charge is 2.17. The van der Waals surface area contributed by atoms with Crippen molar-refractivity contribution < 1.29 is 4.79 Å². The van der Waals surface area contributed by atoms with Crippen LogP contribution in [0, 0.1) is 0 Å². The molecule has 0 amide bonds. The predicted molar refractivity (Wildman–Crippen MR) is 59.4 cm³/mol. The van der Waals surface area contributed by atoms with E-state index >= 15 is 0 Å². The third-order valence-corrected chi connectivity index (χ3v) is 3.55. The summed E-state index contributed by atoms with van der Waals surface area (Å²) in [5, 5.41) is 0.724. The molecule has 0 radical (unpaired) electrons. The second kappa shape index (κ2) is 4.57. The fraction of sp³-hybridized carbons (Fsp3) is 0.364. The van der Waals surface area contributed by atoms with Gasteiger partial charge >= 0.3 is 0 Å². The Morgan fingerprint density at radius 1 is 1.27 bits per heavy atom. The van der Waals surface area contributed by atoms with Gasteiger partial charge in [0.2, 0.25) is 0 Å². The molecule has 1 aromatic heterocycles. The fourth-order valence-corrected chi connectivity index (χ4v) is 2.48. The van der Waals surface area contributed by atoms with Gasteiger partial charge in [-0.25, -0.2) is 9.97 Å². The lowest BCUT2D eigenvalue weighted by atomic mass is 9.99. The Morgan fingerprint density at radius 3 is 2.73 bits per heavy atom. The highest BCUT2D eigenvalue weighted by atomic mass is 32.2. The first kappa shape index (κ1) is 10.4. The third kappa shape index (κ3) is 2.45. The van der Waals surface area contributed by atoms with Crippen molar-refractivity contribution in [2.24, 2.45) is 0 Å². The molecule has 4 heteroatoms. The first-order valence-electron chi connectivity index (χ1n) is 4.95. The van der Waals surface area contributed by atoms with Gasteiger partial charge < -0.3 is 0 Å². The topological polar surface area (TPSA) is 42.9 Å². The monoisotopic (exact) mass is 220 g/mol. The standard InChI is InChI=1S/C11H12N2OS/c1-8-9(14)4-2-5-10(8)15-11-12-6-3-7-13-11/h3,6-7H,2,4-5H2,1H3. The van der Waals surface area contributed by atoms with Crippen molar-refractivity contribution in [2.45, 2.75) is 31.3 Å². The van der Waals surface area contributed by atoms with E-state index in [1.165, 1.54) is 11.8 Å². The van der Waals surface area contributed by atoms with Crippen molar-refractivity contribution in [3.8, 4) is 0 Å². The quantitative estimate of drug-likeness (QED) is 0.718. The van der Waals surface area contributed by atoms with E-state index in [9.17, 15) is 4.79 Å². The number of ketones is 1. The molecule has 0 unspecified atom stereocenters. The number of hydrogen-bond donors (Lipinski definition) is 0. The van der Waals surface area contributed by atoms with E-state index < -0.39 is 0 Å². The molecular weight excluding hydrogens is 208 g/mol. The van der Waals surface area contributed by atoms with Crippen LogP contribution in [0.1, 0.15) is 26.2 Å². The molecule has 1 aromatic rings. The van der Waals surface area contributed by atoms with Crippen LogP contribution in [0.4, 0.5) is 0 Å². The molecule has 0 saturated heterocycles. The van der Waals surface area contributed by atoms with Gasteiger partial charge in [-0.3, -0.25) is 4.79 Å². The molecule has 1 aliphatic carbocycles. The summed E-state index contributed by atoms with van der Waals surface area (Å²) in [6.07, 6.45) is 6.04. The number of aromatic nitrogens is 2. The predicted octanol–water partition coefficient (Wildman–Crippen LogP) is 2.60. The molecule has 0 N–H and O–H groups in total. The summed E-state index contributed by atoms with van der Waals surface area (Å²) in [4.78, 5) is 20.9. The smallest absolute Gasteiger partial charge is 0.192 e. The summed E-state index contributed by atoms with van der Waals surface area (Å²) in [7, 11) is 0. The summed E-state index contributed by atoms with van der Waals surface area (Å²) < 4.78 is 0. The number of hydrogen-bond acceptors (Lipinski definition) is 4. The van der Waals surface area contributed by atoms with Gasteiger partial charge in [0.25, 0.3) is 0 Å². The van der Waals surface area contributed by atoms with Gasteiger partial charge in [-0.1, -0.05) is 11.8 Å². The molecular formula is C11H12N2OS. The average Bonchev–Trinajstić information content (AvgIpc) is 2.26. The third-order valence-electron chi connectivity index (χ3n) is 2.40. The van der Waals surface area contributed by atoms with Crippen LogP contribution in [0.15, 0.2) is 34.1 Å². The first-order chi connectivity index (χ1) is 7.27. The Labute approximate surface area is 93.0 Å². The number of thioether (sulfide) groups is 1. The second-order valence-electron chi connectivity index (χ2n) is 3.46. The van der Waals surface area contributed by atoms with E-state index in [2.05, 4.69) is 9.97 Å². The van der Waals surface area contributed by atoms with Gasteiger partial charge in [0.15, 0.2) is 10.9 Å². The molecule has 0 aliphatic heterocycles. The Balaban J connectivity index is 2.18. The highest BCUT2D eigenvalue weighted by molar-refractivity contribution is 8.03. The van der Waals surface area contributed by atoms with Crippen LogP contribution in [0.25, 0.3) is 0 Å². The molecule has 1 heterocycles. The van der Waals surface area contributed by atoms with Gasteiger partial charge in [0.1, 0.15) is 0 Å². The van der Waals surface area contributed by atoms with E-state index in [1.54, 1.807) is 18.5 Å². The SMILES string of the molecule is CC1=C(Sc2ncccn2)CCCC1=O. The first-order valence-corrected chi connectivity index (χ1v) is 5.77. The molecule has 15 heavy (non-hydrogen) atoms. The van der Waals surface area contributed by atoms with Gasteiger partial charge in [-0.15, -0.1) is 0 Å². The van der Waals surface area contributed by atoms with E-state index in [0.29, 0.717) is 6.42 Å². The Hall–Kier alpha value is -1.16. The molecule has 1 aliphatic rings. The maximum Gasteiger partial charge on any atom is 0.192 e.